The molecule has 0 fully saturated rings. The molecule has 0 saturated heterocycles. The van der Waals surface area contributed by atoms with Crippen LogP contribution in [0.2, 0.25) is 0 Å². The summed E-state index contributed by atoms with van der Waals surface area (Å²) >= 11 is 1.49. The van der Waals surface area contributed by atoms with Crippen LogP contribution in [0.1, 0.15) is 10.6 Å². The molecule has 1 aliphatic rings. The lowest BCUT2D eigenvalue weighted by Crippen LogP contribution is -2.10. The number of rotatable bonds is 2. The van der Waals surface area contributed by atoms with Crippen LogP contribution in [0, 0.1) is 0 Å². The first kappa shape index (κ1) is 12.6. The Labute approximate surface area is 135 Å². The largest absolute Gasteiger partial charge is 0.459 e. The highest BCUT2D eigenvalue weighted by Gasteiger charge is 2.26. The number of thiazole rings is 1. The van der Waals surface area contributed by atoms with E-state index in [1.54, 1.807) is 12.1 Å². The monoisotopic (exact) mass is 318 g/mol. The van der Waals surface area contributed by atoms with E-state index in [-0.39, 0.29) is 11.7 Å². The number of nitrogens with one attached hydrogen (secondary N) is 1. The molecule has 110 valence electrons. The van der Waals surface area contributed by atoms with Crippen molar-refractivity contribution in [3.8, 4) is 21.7 Å². The number of hydrogen-bond donors (Lipinski definition) is 1. The molecular weight excluding hydrogens is 308 g/mol. The number of benzene rings is 2. The van der Waals surface area contributed by atoms with E-state index in [4.69, 9.17) is 4.42 Å². The minimum atomic E-state index is -0.283. The minimum Gasteiger partial charge on any atom is -0.459 e. The molecule has 0 saturated carbocycles. The molecule has 1 N–H and O–H groups in total. The molecule has 2 aromatic heterocycles. The van der Waals surface area contributed by atoms with Gasteiger partial charge >= 0.3 is 0 Å². The van der Waals surface area contributed by atoms with Crippen LogP contribution in [0.4, 0.5) is 5.13 Å². The number of aromatic nitrogens is 1. The lowest BCUT2D eigenvalue weighted by molar-refractivity contribution is 0.0996. The lowest BCUT2D eigenvalue weighted by atomic mass is 10.0. The Bertz CT molecular complexity index is 1010. The van der Waals surface area contributed by atoms with E-state index in [0.29, 0.717) is 5.13 Å². The van der Waals surface area contributed by atoms with Crippen molar-refractivity contribution < 1.29 is 9.21 Å². The Balaban J connectivity index is 1.59. The van der Waals surface area contributed by atoms with Gasteiger partial charge in [0.15, 0.2) is 10.9 Å². The van der Waals surface area contributed by atoms with Gasteiger partial charge in [-0.1, -0.05) is 47.7 Å². The van der Waals surface area contributed by atoms with Crippen molar-refractivity contribution in [3.05, 3.63) is 60.6 Å². The standard InChI is InChI=1S/C18H10N2O2S/c21-17(13-8-3-9-22-13)20-18-19-15-11-6-1-4-10-5-2-7-12(14(10)11)16(15)23-18/h1-9H,(H,19,20,21). The summed E-state index contributed by atoms with van der Waals surface area (Å²) < 4.78 is 5.11. The number of fused-ring (bicyclic) bond motifs is 3. The number of carbonyl (C=O) groups is 1. The predicted molar refractivity (Wildman–Crippen MR) is 90.7 cm³/mol. The van der Waals surface area contributed by atoms with Crippen molar-refractivity contribution in [2.24, 2.45) is 0 Å². The number of hydrogen-bond acceptors (Lipinski definition) is 4. The Morgan fingerprint density at radius 3 is 2.65 bits per heavy atom. The first-order valence-corrected chi connectivity index (χ1v) is 8.01. The van der Waals surface area contributed by atoms with Crippen molar-refractivity contribution in [2.45, 2.75) is 0 Å². The summed E-state index contributed by atoms with van der Waals surface area (Å²) in [7, 11) is 0. The highest BCUT2D eigenvalue weighted by molar-refractivity contribution is 7.20. The van der Waals surface area contributed by atoms with E-state index in [0.717, 1.165) is 16.1 Å². The fourth-order valence-electron chi connectivity index (χ4n) is 3.03. The van der Waals surface area contributed by atoms with Crippen LogP contribution >= 0.6 is 11.3 Å². The maximum Gasteiger partial charge on any atom is 0.293 e. The van der Waals surface area contributed by atoms with Gasteiger partial charge in [-0.05, 0) is 22.9 Å². The fraction of sp³-hybridized carbons (Fsp3) is 0. The van der Waals surface area contributed by atoms with Crippen molar-refractivity contribution in [2.75, 3.05) is 5.32 Å². The van der Waals surface area contributed by atoms with Crippen molar-refractivity contribution >= 4 is 33.1 Å². The van der Waals surface area contributed by atoms with Crippen molar-refractivity contribution in [1.82, 2.24) is 4.98 Å². The normalized spacial score (nSPS) is 11.7. The van der Waals surface area contributed by atoms with Crippen LogP contribution in [0.25, 0.3) is 32.5 Å². The van der Waals surface area contributed by atoms with E-state index in [1.165, 1.54) is 33.9 Å². The summed E-state index contributed by atoms with van der Waals surface area (Å²) in [6.07, 6.45) is 1.48. The number of carbonyl (C=O) groups excluding carboxylic acids is 1. The second-order valence-corrected chi connectivity index (χ2v) is 6.34. The number of furan rings is 1. The van der Waals surface area contributed by atoms with Crippen LogP contribution in [0.5, 0.6) is 0 Å². The predicted octanol–water partition coefficient (Wildman–Crippen LogP) is 4.79. The highest BCUT2D eigenvalue weighted by Crippen LogP contribution is 2.50. The van der Waals surface area contributed by atoms with Gasteiger partial charge in [-0.3, -0.25) is 10.1 Å². The molecule has 0 radical (unpaired) electrons. The van der Waals surface area contributed by atoms with Crippen LogP contribution in [0.3, 0.4) is 0 Å². The van der Waals surface area contributed by atoms with Gasteiger partial charge < -0.3 is 4.42 Å². The van der Waals surface area contributed by atoms with Crippen LogP contribution in [-0.2, 0) is 0 Å². The summed E-state index contributed by atoms with van der Waals surface area (Å²) in [4.78, 5) is 17.8. The molecule has 4 aromatic rings. The molecule has 1 aliphatic carbocycles. The van der Waals surface area contributed by atoms with Gasteiger partial charge in [0, 0.05) is 11.1 Å². The molecule has 2 aromatic carbocycles. The van der Waals surface area contributed by atoms with Gasteiger partial charge in [0.25, 0.3) is 5.91 Å². The number of anilines is 1. The first-order valence-electron chi connectivity index (χ1n) is 7.19. The zero-order valence-corrected chi connectivity index (χ0v) is 12.7. The lowest BCUT2D eigenvalue weighted by Gasteiger charge is -2.02. The van der Waals surface area contributed by atoms with Crippen LogP contribution < -0.4 is 5.32 Å². The van der Waals surface area contributed by atoms with E-state index < -0.39 is 0 Å². The van der Waals surface area contributed by atoms with Crippen LogP contribution in [-0.4, -0.2) is 10.9 Å². The SMILES string of the molecule is O=C(Nc1nc2c(s1)-c1cccc3cccc-2c13)c1ccco1. The van der Waals surface area contributed by atoms with Crippen molar-refractivity contribution in [3.63, 3.8) is 0 Å². The summed E-state index contributed by atoms with van der Waals surface area (Å²) in [5.41, 5.74) is 3.25. The molecule has 1 amide bonds. The average molecular weight is 318 g/mol. The Morgan fingerprint density at radius 2 is 1.87 bits per heavy atom. The molecule has 2 heterocycles. The summed E-state index contributed by atoms with van der Waals surface area (Å²) in [6.45, 7) is 0. The number of amides is 1. The Hall–Kier alpha value is -2.92. The van der Waals surface area contributed by atoms with E-state index in [2.05, 4.69) is 40.6 Å². The summed E-state index contributed by atoms with van der Waals surface area (Å²) in [5.74, 6) is -0.00298. The van der Waals surface area contributed by atoms with E-state index in [9.17, 15) is 4.79 Å². The summed E-state index contributed by atoms with van der Waals surface area (Å²) in [6, 6.07) is 15.8. The maximum absolute atomic E-state index is 12.1. The van der Waals surface area contributed by atoms with Crippen molar-refractivity contribution in [1.29, 1.82) is 0 Å². The molecule has 0 atom stereocenters. The topological polar surface area (TPSA) is 55.1 Å². The van der Waals surface area contributed by atoms with Gasteiger partial charge in [-0.15, -0.1) is 0 Å². The fourth-order valence-corrected chi connectivity index (χ4v) is 4.04. The molecule has 0 unspecified atom stereocenters. The molecule has 0 bridgehead atoms. The third kappa shape index (κ3) is 1.77. The third-order valence-electron chi connectivity index (χ3n) is 4.00. The smallest absolute Gasteiger partial charge is 0.293 e. The van der Waals surface area contributed by atoms with Crippen LogP contribution in [0.15, 0.2) is 59.2 Å². The molecule has 23 heavy (non-hydrogen) atoms. The second-order valence-electron chi connectivity index (χ2n) is 5.34. The first-order chi connectivity index (χ1) is 11.3. The zero-order chi connectivity index (χ0) is 15.4. The minimum absolute atomic E-state index is 0.280. The van der Waals surface area contributed by atoms with Gasteiger partial charge in [0.2, 0.25) is 0 Å². The van der Waals surface area contributed by atoms with Gasteiger partial charge in [0.05, 0.1) is 16.8 Å². The Morgan fingerprint density at radius 1 is 1.04 bits per heavy atom. The zero-order valence-electron chi connectivity index (χ0n) is 11.9. The van der Waals surface area contributed by atoms with Gasteiger partial charge in [0.1, 0.15) is 0 Å². The highest BCUT2D eigenvalue weighted by atomic mass is 32.1. The van der Waals surface area contributed by atoms with E-state index in [1.807, 2.05) is 6.07 Å². The average Bonchev–Trinajstić information content (AvgIpc) is 3.27. The molecule has 5 heteroatoms. The molecule has 0 aliphatic heterocycles. The molecule has 0 spiro atoms. The number of nitrogens with zero attached hydrogens (tertiary/aromatic N) is 1. The Kier molecular flexibility index (Phi) is 2.49. The molecular formula is C18H10N2O2S. The van der Waals surface area contributed by atoms with E-state index >= 15 is 0 Å². The van der Waals surface area contributed by atoms with Gasteiger partial charge in [-0.25, -0.2) is 4.98 Å². The second kappa shape index (κ2) is 4.54. The third-order valence-corrected chi connectivity index (χ3v) is 5.00. The quantitative estimate of drug-likeness (QED) is 0.509. The molecule has 4 nitrogen and oxygen atoms in total. The molecule has 5 rings (SSSR count). The van der Waals surface area contributed by atoms with Gasteiger partial charge in [-0.2, -0.15) is 0 Å². The summed E-state index contributed by atoms with van der Waals surface area (Å²) in [5, 5.41) is 5.85. The maximum atomic E-state index is 12.1.